The van der Waals surface area contributed by atoms with Crippen LogP contribution in [0.5, 0.6) is 17.2 Å². The van der Waals surface area contributed by atoms with Crippen molar-refractivity contribution >= 4 is 28.9 Å². The van der Waals surface area contributed by atoms with Crippen molar-refractivity contribution in [1.29, 1.82) is 0 Å². The highest BCUT2D eigenvalue weighted by molar-refractivity contribution is 6.34. The molecule has 0 unspecified atom stereocenters. The smallest absolute Gasteiger partial charge is 0.161 e. The highest BCUT2D eigenvalue weighted by atomic mass is 35.5. The van der Waals surface area contributed by atoms with E-state index in [0.29, 0.717) is 34.7 Å². The van der Waals surface area contributed by atoms with Crippen LogP contribution in [0.15, 0.2) is 35.3 Å². The molecule has 0 amide bonds. The number of hydrogen-bond donors (Lipinski definition) is 0. The number of fused-ring (bicyclic) bond motifs is 1. The Kier molecular flexibility index (Phi) is 5.17. The molecule has 2 aromatic carbocycles. The zero-order valence-electron chi connectivity index (χ0n) is 13.4. The van der Waals surface area contributed by atoms with Crippen molar-refractivity contribution in [1.82, 2.24) is 0 Å². The average molecular weight is 366 g/mol. The molecule has 0 radical (unpaired) electrons. The average Bonchev–Trinajstić information content (AvgIpc) is 2.61. The topological polar surface area (TPSA) is 40.0 Å². The molecular formula is C18H17Cl2NO3. The van der Waals surface area contributed by atoms with Gasteiger partial charge in [0.2, 0.25) is 0 Å². The van der Waals surface area contributed by atoms with Gasteiger partial charge in [-0.3, -0.25) is 4.99 Å². The maximum Gasteiger partial charge on any atom is 0.161 e. The first-order valence-corrected chi connectivity index (χ1v) is 8.24. The molecule has 0 fully saturated rings. The number of hydrogen-bond acceptors (Lipinski definition) is 4. The van der Waals surface area contributed by atoms with E-state index in [4.69, 9.17) is 37.4 Å². The second kappa shape index (κ2) is 7.32. The number of benzene rings is 2. The minimum absolute atomic E-state index is 0.308. The largest absolute Gasteiger partial charge is 0.493 e. The molecule has 3 rings (SSSR count). The van der Waals surface area contributed by atoms with Crippen LogP contribution in [0, 0.1) is 0 Å². The third-order valence-corrected chi connectivity index (χ3v) is 4.41. The molecule has 0 spiro atoms. The molecular weight excluding hydrogens is 349 g/mol. The molecule has 0 saturated heterocycles. The monoisotopic (exact) mass is 365 g/mol. The van der Waals surface area contributed by atoms with Gasteiger partial charge >= 0.3 is 0 Å². The third kappa shape index (κ3) is 3.45. The molecule has 0 atom stereocenters. The fraction of sp³-hybridized carbons (Fsp3) is 0.278. The Balaban J connectivity index is 1.86. The van der Waals surface area contributed by atoms with Crippen LogP contribution in [-0.4, -0.2) is 33.1 Å². The predicted molar refractivity (Wildman–Crippen MR) is 96.6 cm³/mol. The Morgan fingerprint density at radius 2 is 1.75 bits per heavy atom. The standard InChI is InChI=1S/C18H17Cl2NO3/c1-22-17-7-11-5-6-21-15(13(11)9-18(17)23-2)10-24-16-8-12(19)3-4-14(16)20/h3-4,7-9H,5-6,10H2,1-2H3. The van der Waals surface area contributed by atoms with Gasteiger partial charge in [0, 0.05) is 23.2 Å². The Labute approximate surface area is 151 Å². The number of halogens is 2. The zero-order chi connectivity index (χ0) is 17.1. The van der Waals surface area contributed by atoms with E-state index in [1.54, 1.807) is 32.4 Å². The molecule has 1 aliphatic heterocycles. The number of rotatable bonds is 5. The van der Waals surface area contributed by atoms with E-state index < -0.39 is 0 Å². The van der Waals surface area contributed by atoms with Crippen LogP contribution < -0.4 is 14.2 Å². The Morgan fingerprint density at radius 3 is 2.50 bits per heavy atom. The molecule has 24 heavy (non-hydrogen) atoms. The Bertz CT molecular complexity index is 790. The predicted octanol–water partition coefficient (Wildman–Crippen LogP) is 4.43. The summed E-state index contributed by atoms with van der Waals surface area (Å²) in [6.45, 7) is 1.02. The van der Waals surface area contributed by atoms with Gasteiger partial charge in [-0.25, -0.2) is 0 Å². The van der Waals surface area contributed by atoms with Crippen LogP contribution in [-0.2, 0) is 6.42 Å². The number of nitrogens with zero attached hydrogens (tertiary/aromatic N) is 1. The summed E-state index contributed by atoms with van der Waals surface area (Å²) in [4.78, 5) is 4.59. The summed E-state index contributed by atoms with van der Waals surface area (Å²) in [7, 11) is 3.25. The van der Waals surface area contributed by atoms with Crippen molar-refractivity contribution in [2.24, 2.45) is 4.99 Å². The van der Waals surface area contributed by atoms with Gasteiger partial charge in [0.25, 0.3) is 0 Å². The van der Waals surface area contributed by atoms with Crippen molar-refractivity contribution in [2.45, 2.75) is 6.42 Å². The van der Waals surface area contributed by atoms with Crippen molar-refractivity contribution in [2.75, 3.05) is 27.4 Å². The van der Waals surface area contributed by atoms with E-state index in [-0.39, 0.29) is 0 Å². The molecule has 2 aromatic rings. The van der Waals surface area contributed by atoms with E-state index in [2.05, 4.69) is 4.99 Å². The summed E-state index contributed by atoms with van der Waals surface area (Å²) >= 11 is 12.1. The zero-order valence-corrected chi connectivity index (χ0v) is 14.9. The maximum atomic E-state index is 6.14. The van der Waals surface area contributed by atoms with E-state index in [1.165, 1.54) is 5.56 Å². The molecule has 0 saturated carbocycles. The summed E-state index contributed by atoms with van der Waals surface area (Å²) in [5.74, 6) is 1.93. The van der Waals surface area contributed by atoms with Crippen LogP contribution >= 0.6 is 23.2 Å². The quantitative estimate of drug-likeness (QED) is 0.786. The first kappa shape index (κ1) is 16.9. The number of aliphatic imine (C=N–C) groups is 1. The molecule has 4 nitrogen and oxygen atoms in total. The summed E-state index contributed by atoms with van der Waals surface area (Å²) in [6.07, 6.45) is 0.858. The van der Waals surface area contributed by atoms with Gasteiger partial charge in [-0.2, -0.15) is 0 Å². The van der Waals surface area contributed by atoms with Gasteiger partial charge in [0.15, 0.2) is 11.5 Å². The summed E-state index contributed by atoms with van der Waals surface area (Å²) in [5, 5.41) is 1.09. The SMILES string of the molecule is COc1cc2c(cc1OC)C(COc1cc(Cl)ccc1Cl)=NCC2. The van der Waals surface area contributed by atoms with Crippen LogP contribution in [0.25, 0.3) is 0 Å². The first-order valence-electron chi connectivity index (χ1n) is 7.49. The lowest BCUT2D eigenvalue weighted by Gasteiger charge is -2.20. The molecule has 126 valence electrons. The summed E-state index contributed by atoms with van der Waals surface area (Å²) in [6, 6.07) is 9.07. The Hall–Kier alpha value is -1.91. The van der Waals surface area contributed by atoms with E-state index >= 15 is 0 Å². The molecule has 0 bridgehead atoms. The second-order valence-electron chi connectivity index (χ2n) is 5.31. The van der Waals surface area contributed by atoms with Gasteiger partial charge in [-0.05, 0) is 36.2 Å². The highest BCUT2D eigenvalue weighted by Gasteiger charge is 2.19. The fourth-order valence-electron chi connectivity index (χ4n) is 2.65. The van der Waals surface area contributed by atoms with Crippen molar-refractivity contribution < 1.29 is 14.2 Å². The third-order valence-electron chi connectivity index (χ3n) is 3.86. The number of ether oxygens (including phenoxy) is 3. The van der Waals surface area contributed by atoms with Gasteiger partial charge in [-0.1, -0.05) is 23.2 Å². The van der Waals surface area contributed by atoms with E-state index in [0.717, 1.165) is 23.4 Å². The van der Waals surface area contributed by atoms with Crippen LogP contribution in [0.4, 0.5) is 0 Å². The van der Waals surface area contributed by atoms with E-state index in [1.807, 2.05) is 12.1 Å². The highest BCUT2D eigenvalue weighted by Crippen LogP contribution is 2.33. The summed E-state index contributed by atoms with van der Waals surface area (Å²) < 4.78 is 16.6. The van der Waals surface area contributed by atoms with Crippen LogP contribution in [0.3, 0.4) is 0 Å². The van der Waals surface area contributed by atoms with Crippen LogP contribution in [0.1, 0.15) is 11.1 Å². The lowest BCUT2D eigenvalue weighted by molar-refractivity contribution is 0.354. The lowest BCUT2D eigenvalue weighted by atomic mass is 9.97. The molecule has 6 heteroatoms. The molecule has 0 aliphatic carbocycles. The van der Waals surface area contributed by atoms with Crippen molar-refractivity contribution in [3.63, 3.8) is 0 Å². The van der Waals surface area contributed by atoms with Gasteiger partial charge in [0.05, 0.1) is 25.0 Å². The second-order valence-corrected chi connectivity index (χ2v) is 6.15. The van der Waals surface area contributed by atoms with Crippen LogP contribution in [0.2, 0.25) is 10.0 Å². The van der Waals surface area contributed by atoms with Crippen molar-refractivity contribution in [3.8, 4) is 17.2 Å². The molecule has 1 aliphatic rings. The summed E-state index contributed by atoms with van der Waals surface area (Å²) in [5.41, 5.74) is 3.03. The van der Waals surface area contributed by atoms with E-state index in [9.17, 15) is 0 Å². The molecule has 0 aromatic heterocycles. The number of methoxy groups -OCH3 is 2. The van der Waals surface area contributed by atoms with Gasteiger partial charge < -0.3 is 14.2 Å². The minimum Gasteiger partial charge on any atom is -0.493 e. The van der Waals surface area contributed by atoms with Gasteiger partial charge in [0.1, 0.15) is 12.4 Å². The minimum atomic E-state index is 0.308. The lowest BCUT2D eigenvalue weighted by Crippen LogP contribution is -2.20. The molecule has 0 N–H and O–H groups in total. The van der Waals surface area contributed by atoms with Crippen molar-refractivity contribution in [3.05, 3.63) is 51.5 Å². The van der Waals surface area contributed by atoms with Gasteiger partial charge in [-0.15, -0.1) is 0 Å². The first-order chi connectivity index (χ1) is 11.6. The molecule has 1 heterocycles. The Morgan fingerprint density at radius 1 is 1.00 bits per heavy atom. The normalized spacial score (nSPS) is 13.1. The maximum absolute atomic E-state index is 6.14. The fourth-order valence-corrected chi connectivity index (χ4v) is 2.98.